The molecule has 8 nitrogen and oxygen atoms in total. The standard InChI is InChI=1S/C18H35N5O3S2/c1-12(27-18-22-19-11-23(18)2)13-6-4-7-14(10-13)20-17(24)15-8-5-9-16(21-15)28(3,25)26/h12-16,18-19,21-22H,4-11H2,1-3H3,(H,20,24)/t12-,13?,14?,15?,16?,18?/m0/s1. The zero-order valence-corrected chi connectivity index (χ0v) is 18.7. The Bertz CT molecular complexity index is 647. The van der Waals surface area contributed by atoms with Crippen molar-refractivity contribution < 1.29 is 13.2 Å². The van der Waals surface area contributed by atoms with Crippen molar-refractivity contribution in [2.24, 2.45) is 5.92 Å². The predicted molar refractivity (Wildman–Crippen MR) is 113 cm³/mol. The van der Waals surface area contributed by atoms with Gasteiger partial charge in [0.05, 0.1) is 12.7 Å². The fourth-order valence-corrected chi connectivity index (χ4v) is 6.75. The number of hydrogen-bond donors (Lipinski definition) is 4. The molecular weight excluding hydrogens is 398 g/mol. The van der Waals surface area contributed by atoms with Crippen LogP contribution in [0.1, 0.15) is 51.9 Å². The van der Waals surface area contributed by atoms with Gasteiger partial charge < -0.3 is 5.32 Å². The number of rotatable bonds is 6. The molecule has 3 aliphatic rings. The van der Waals surface area contributed by atoms with E-state index in [0.717, 1.165) is 32.4 Å². The molecule has 0 aromatic rings. The van der Waals surface area contributed by atoms with Gasteiger partial charge in [0.2, 0.25) is 5.91 Å². The van der Waals surface area contributed by atoms with E-state index in [-0.39, 0.29) is 17.4 Å². The molecule has 10 heteroatoms. The van der Waals surface area contributed by atoms with Crippen LogP contribution in [0.5, 0.6) is 0 Å². The highest BCUT2D eigenvalue weighted by Crippen LogP contribution is 2.35. The summed E-state index contributed by atoms with van der Waals surface area (Å²) in [5.74, 6) is 0.531. The van der Waals surface area contributed by atoms with Gasteiger partial charge in [-0.25, -0.2) is 19.3 Å². The van der Waals surface area contributed by atoms with Crippen LogP contribution >= 0.6 is 11.8 Å². The van der Waals surface area contributed by atoms with Crippen molar-refractivity contribution in [3.63, 3.8) is 0 Å². The summed E-state index contributed by atoms with van der Waals surface area (Å²) < 4.78 is 23.6. The molecule has 1 amide bonds. The lowest BCUT2D eigenvalue weighted by atomic mass is 9.83. The molecule has 3 rings (SSSR count). The van der Waals surface area contributed by atoms with E-state index < -0.39 is 21.3 Å². The van der Waals surface area contributed by atoms with Crippen LogP contribution in [0, 0.1) is 5.92 Å². The molecule has 0 radical (unpaired) electrons. The molecule has 4 N–H and O–H groups in total. The van der Waals surface area contributed by atoms with Crippen LogP contribution in [0.25, 0.3) is 0 Å². The number of hydrogen-bond acceptors (Lipinski definition) is 8. The van der Waals surface area contributed by atoms with Crippen LogP contribution in [0.2, 0.25) is 0 Å². The van der Waals surface area contributed by atoms with Crippen LogP contribution in [-0.4, -0.2) is 67.4 Å². The van der Waals surface area contributed by atoms with E-state index in [4.69, 9.17) is 0 Å². The smallest absolute Gasteiger partial charge is 0.237 e. The van der Waals surface area contributed by atoms with Crippen molar-refractivity contribution >= 4 is 27.5 Å². The van der Waals surface area contributed by atoms with Gasteiger partial charge in [-0.3, -0.25) is 15.0 Å². The Morgan fingerprint density at radius 1 is 1.21 bits per heavy atom. The average molecular weight is 434 g/mol. The molecular formula is C18H35N5O3S2. The third kappa shape index (κ3) is 5.82. The fraction of sp³-hybridized carbons (Fsp3) is 0.944. The van der Waals surface area contributed by atoms with Crippen LogP contribution in [0.4, 0.5) is 0 Å². The first-order chi connectivity index (χ1) is 13.2. The molecule has 5 unspecified atom stereocenters. The van der Waals surface area contributed by atoms with E-state index >= 15 is 0 Å². The molecule has 2 heterocycles. The van der Waals surface area contributed by atoms with Crippen LogP contribution in [0.3, 0.4) is 0 Å². The second kappa shape index (κ2) is 9.61. The van der Waals surface area contributed by atoms with Crippen molar-refractivity contribution in [3.05, 3.63) is 0 Å². The second-order valence-electron chi connectivity index (χ2n) is 8.53. The van der Waals surface area contributed by atoms with Crippen LogP contribution in [0.15, 0.2) is 0 Å². The number of thioether (sulfide) groups is 1. The maximum Gasteiger partial charge on any atom is 0.237 e. The summed E-state index contributed by atoms with van der Waals surface area (Å²) in [4.78, 5) is 15.0. The van der Waals surface area contributed by atoms with Crippen molar-refractivity contribution in [2.45, 2.75) is 80.1 Å². The van der Waals surface area contributed by atoms with Crippen molar-refractivity contribution in [1.29, 1.82) is 0 Å². The molecule has 6 atom stereocenters. The Hall–Kier alpha value is -0.390. The summed E-state index contributed by atoms with van der Waals surface area (Å²) in [7, 11) is -1.07. The minimum Gasteiger partial charge on any atom is -0.352 e. The molecule has 162 valence electrons. The number of piperidine rings is 1. The Balaban J connectivity index is 1.49. The van der Waals surface area contributed by atoms with Gasteiger partial charge in [0.15, 0.2) is 9.84 Å². The zero-order valence-electron chi connectivity index (χ0n) is 17.1. The normalized spacial score (nSPS) is 36.2. The first kappa shape index (κ1) is 22.3. The SMILES string of the molecule is C[C@H](SC1NNCN1C)C1CCCC(NC(=O)C2CCCC(S(C)(=O)=O)N2)C1. The summed E-state index contributed by atoms with van der Waals surface area (Å²) >= 11 is 1.93. The average Bonchev–Trinajstić information content (AvgIpc) is 3.06. The minimum absolute atomic E-state index is 0.0410. The molecule has 0 bridgehead atoms. The van der Waals surface area contributed by atoms with Gasteiger partial charge >= 0.3 is 0 Å². The Labute approximate surface area is 173 Å². The van der Waals surface area contributed by atoms with Gasteiger partial charge in [0.1, 0.15) is 10.9 Å². The number of nitrogens with one attached hydrogen (secondary N) is 4. The summed E-state index contributed by atoms with van der Waals surface area (Å²) in [5.41, 5.74) is 6.74. The molecule has 0 aromatic carbocycles. The van der Waals surface area contributed by atoms with Crippen molar-refractivity contribution in [1.82, 2.24) is 26.4 Å². The third-order valence-electron chi connectivity index (χ3n) is 6.20. The number of sulfone groups is 1. The Morgan fingerprint density at radius 2 is 1.96 bits per heavy atom. The number of carbonyl (C=O) groups is 1. The molecule has 2 saturated heterocycles. The fourth-order valence-electron chi connectivity index (χ4n) is 4.43. The molecule has 0 spiro atoms. The van der Waals surface area contributed by atoms with Gasteiger partial charge in [0, 0.05) is 17.5 Å². The zero-order chi connectivity index (χ0) is 20.3. The predicted octanol–water partition coefficient (Wildman–Crippen LogP) is 0.577. The summed E-state index contributed by atoms with van der Waals surface area (Å²) in [5, 5.41) is 6.15. The number of amides is 1. The number of nitrogens with zero attached hydrogens (tertiary/aromatic N) is 1. The lowest BCUT2D eigenvalue weighted by Crippen LogP contribution is -2.55. The largest absolute Gasteiger partial charge is 0.352 e. The first-order valence-electron chi connectivity index (χ1n) is 10.3. The van der Waals surface area contributed by atoms with E-state index in [1.807, 2.05) is 11.8 Å². The van der Waals surface area contributed by atoms with E-state index in [0.29, 0.717) is 24.0 Å². The molecule has 0 aromatic heterocycles. The molecule has 2 aliphatic heterocycles. The highest BCUT2D eigenvalue weighted by Gasteiger charge is 2.34. The Morgan fingerprint density at radius 3 is 2.64 bits per heavy atom. The first-order valence-corrected chi connectivity index (χ1v) is 13.2. The highest BCUT2D eigenvalue weighted by molar-refractivity contribution is 8.00. The quantitative estimate of drug-likeness (QED) is 0.482. The minimum atomic E-state index is -3.17. The monoisotopic (exact) mass is 433 g/mol. The maximum atomic E-state index is 12.7. The van der Waals surface area contributed by atoms with Gasteiger partial charge in [-0.15, -0.1) is 11.8 Å². The maximum absolute atomic E-state index is 12.7. The van der Waals surface area contributed by atoms with Crippen LogP contribution in [-0.2, 0) is 14.6 Å². The van der Waals surface area contributed by atoms with Crippen molar-refractivity contribution in [3.8, 4) is 0 Å². The van der Waals surface area contributed by atoms with Gasteiger partial charge in [0.25, 0.3) is 0 Å². The van der Waals surface area contributed by atoms with E-state index in [1.165, 1.54) is 12.7 Å². The van der Waals surface area contributed by atoms with E-state index in [2.05, 4.69) is 40.4 Å². The number of carbonyl (C=O) groups excluding carboxylic acids is 1. The molecule has 1 saturated carbocycles. The second-order valence-corrected chi connectivity index (χ2v) is 12.2. The summed E-state index contributed by atoms with van der Waals surface area (Å²) in [6, 6.07) is -0.217. The highest BCUT2D eigenvalue weighted by atomic mass is 32.2. The lowest BCUT2D eigenvalue weighted by Gasteiger charge is -2.36. The molecule has 28 heavy (non-hydrogen) atoms. The topological polar surface area (TPSA) is 103 Å². The van der Waals surface area contributed by atoms with Gasteiger partial charge in [-0.05, 0) is 51.5 Å². The van der Waals surface area contributed by atoms with Gasteiger partial charge in [-0.2, -0.15) is 0 Å². The van der Waals surface area contributed by atoms with E-state index in [1.54, 1.807) is 0 Å². The summed E-state index contributed by atoms with van der Waals surface area (Å²) in [6.45, 7) is 3.13. The third-order valence-corrected chi connectivity index (χ3v) is 9.16. The summed E-state index contributed by atoms with van der Waals surface area (Å²) in [6.07, 6.45) is 7.60. The van der Waals surface area contributed by atoms with Gasteiger partial charge in [-0.1, -0.05) is 13.3 Å². The van der Waals surface area contributed by atoms with E-state index in [9.17, 15) is 13.2 Å². The number of hydrazine groups is 1. The van der Waals surface area contributed by atoms with Crippen LogP contribution < -0.4 is 21.5 Å². The molecule has 3 fully saturated rings. The molecule has 1 aliphatic carbocycles. The Kier molecular flexibility index (Phi) is 7.66. The van der Waals surface area contributed by atoms with Crippen molar-refractivity contribution in [2.75, 3.05) is 20.0 Å². The lowest BCUT2D eigenvalue weighted by molar-refractivity contribution is -0.124.